The van der Waals surface area contributed by atoms with Crippen molar-refractivity contribution in [1.29, 1.82) is 0 Å². The number of rotatable bonds is 6. The molecule has 110 valence electrons. The summed E-state index contributed by atoms with van der Waals surface area (Å²) in [6.07, 6.45) is 5.48. The molecule has 2 N–H and O–H groups in total. The standard InChI is InChI=1S/C14H25NO4/c1-4-14(2,19-3)13(18)15-11(12(16)17)10-8-6-5-7-9-10/h10-11H,4-9H2,1-3H3,(H,15,18)(H,16,17). The molecule has 5 nitrogen and oxygen atoms in total. The summed E-state index contributed by atoms with van der Waals surface area (Å²) < 4.78 is 5.21. The number of carboxylic acids is 1. The monoisotopic (exact) mass is 271 g/mol. The lowest BCUT2D eigenvalue weighted by Crippen LogP contribution is -2.54. The van der Waals surface area contributed by atoms with Crippen molar-refractivity contribution >= 4 is 11.9 Å². The zero-order chi connectivity index (χ0) is 14.5. The maximum Gasteiger partial charge on any atom is 0.326 e. The van der Waals surface area contributed by atoms with Crippen LogP contribution in [0.2, 0.25) is 0 Å². The van der Waals surface area contributed by atoms with Gasteiger partial charge in [0.15, 0.2) is 0 Å². The smallest absolute Gasteiger partial charge is 0.326 e. The van der Waals surface area contributed by atoms with E-state index < -0.39 is 17.6 Å². The third-order valence-corrected chi connectivity index (χ3v) is 4.28. The van der Waals surface area contributed by atoms with Crippen LogP contribution in [0.4, 0.5) is 0 Å². The Kier molecular flexibility index (Phi) is 5.79. The molecule has 1 saturated carbocycles. The van der Waals surface area contributed by atoms with Gasteiger partial charge < -0.3 is 15.2 Å². The molecule has 1 amide bonds. The predicted octanol–water partition coefficient (Wildman–Crippen LogP) is 1.95. The molecule has 0 aromatic heterocycles. The van der Waals surface area contributed by atoms with Gasteiger partial charge in [-0.1, -0.05) is 26.2 Å². The number of amides is 1. The molecular weight excluding hydrogens is 246 g/mol. The van der Waals surface area contributed by atoms with Crippen LogP contribution in [0.25, 0.3) is 0 Å². The molecule has 1 rings (SSSR count). The second-order valence-electron chi connectivity index (χ2n) is 5.48. The molecule has 0 heterocycles. The van der Waals surface area contributed by atoms with Gasteiger partial charge >= 0.3 is 5.97 Å². The van der Waals surface area contributed by atoms with E-state index in [0.29, 0.717) is 6.42 Å². The third kappa shape index (κ3) is 3.93. The van der Waals surface area contributed by atoms with Crippen molar-refractivity contribution in [1.82, 2.24) is 5.32 Å². The summed E-state index contributed by atoms with van der Waals surface area (Å²) >= 11 is 0. The molecule has 19 heavy (non-hydrogen) atoms. The Morgan fingerprint density at radius 2 is 1.95 bits per heavy atom. The van der Waals surface area contributed by atoms with Crippen LogP contribution >= 0.6 is 0 Å². The van der Waals surface area contributed by atoms with Gasteiger partial charge in [0.25, 0.3) is 5.91 Å². The Hall–Kier alpha value is -1.10. The summed E-state index contributed by atoms with van der Waals surface area (Å²) in [5.41, 5.74) is -0.956. The minimum atomic E-state index is -0.956. The van der Waals surface area contributed by atoms with Crippen LogP contribution in [0.1, 0.15) is 52.4 Å². The highest BCUT2D eigenvalue weighted by Gasteiger charge is 2.37. The fraction of sp³-hybridized carbons (Fsp3) is 0.857. The Labute approximate surface area is 114 Å². The Bertz CT molecular complexity index is 319. The molecule has 0 spiro atoms. The second-order valence-corrected chi connectivity index (χ2v) is 5.48. The molecule has 2 unspecified atom stereocenters. The van der Waals surface area contributed by atoms with Crippen molar-refractivity contribution in [3.8, 4) is 0 Å². The largest absolute Gasteiger partial charge is 0.480 e. The fourth-order valence-corrected chi connectivity index (χ4v) is 2.54. The van der Waals surface area contributed by atoms with Crippen LogP contribution in [0.15, 0.2) is 0 Å². The molecule has 1 fully saturated rings. The molecular formula is C14H25NO4. The molecule has 0 aromatic carbocycles. The van der Waals surface area contributed by atoms with E-state index in [0.717, 1.165) is 32.1 Å². The van der Waals surface area contributed by atoms with E-state index in [2.05, 4.69) is 5.32 Å². The Morgan fingerprint density at radius 3 is 2.37 bits per heavy atom. The van der Waals surface area contributed by atoms with E-state index in [1.54, 1.807) is 6.92 Å². The maximum atomic E-state index is 12.2. The molecule has 2 atom stereocenters. The van der Waals surface area contributed by atoms with Crippen LogP contribution in [0.3, 0.4) is 0 Å². The number of nitrogens with one attached hydrogen (secondary N) is 1. The number of hydrogen-bond donors (Lipinski definition) is 2. The van der Waals surface area contributed by atoms with Crippen LogP contribution in [0, 0.1) is 5.92 Å². The average Bonchev–Trinajstić information content (AvgIpc) is 2.44. The van der Waals surface area contributed by atoms with E-state index in [-0.39, 0.29) is 11.8 Å². The number of ether oxygens (including phenoxy) is 1. The van der Waals surface area contributed by atoms with Gasteiger partial charge in [-0.25, -0.2) is 4.79 Å². The molecule has 0 saturated heterocycles. The van der Waals surface area contributed by atoms with Crippen molar-refractivity contribution in [3.05, 3.63) is 0 Å². The first-order valence-corrected chi connectivity index (χ1v) is 7.03. The van der Waals surface area contributed by atoms with E-state index in [1.165, 1.54) is 7.11 Å². The Morgan fingerprint density at radius 1 is 1.37 bits per heavy atom. The van der Waals surface area contributed by atoms with Gasteiger partial charge in [-0.3, -0.25) is 4.79 Å². The quantitative estimate of drug-likeness (QED) is 0.774. The molecule has 1 aliphatic rings. The highest BCUT2D eigenvalue weighted by Crippen LogP contribution is 2.27. The van der Waals surface area contributed by atoms with Gasteiger partial charge in [0.05, 0.1) is 0 Å². The first-order chi connectivity index (χ1) is 8.94. The molecule has 0 aliphatic heterocycles. The van der Waals surface area contributed by atoms with Gasteiger partial charge in [0, 0.05) is 7.11 Å². The first kappa shape index (κ1) is 16.0. The van der Waals surface area contributed by atoms with Crippen molar-refractivity contribution in [3.63, 3.8) is 0 Å². The van der Waals surface area contributed by atoms with Gasteiger partial charge in [-0.05, 0) is 32.1 Å². The number of carbonyl (C=O) groups is 2. The van der Waals surface area contributed by atoms with E-state index in [4.69, 9.17) is 4.74 Å². The zero-order valence-electron chi connectivity index (χ0n) is 12.1. The van der Waals surface area contributed by atoms with Crippen LogP contribution < -0.4 is 5.32 Å². The summed E-state index contributed by atoms with van der Waals surface area (Å²) in [5.74, 6) is -1.25. The molecule has 1 aliphatic carbocycles. The number of hydrogen-bond acceptors (Lipinski definition) is 3. The fourth-order valence-electron chi connectivity index (χ4n) is 2.54. The van der Waals surface area contributed by atoms with Crippen LogP contribution in [0.5, 0.6) is 0 Å². The summed E-state index contributed by atoms with van der Waals surface area (Å²) in [6.45, 7) is 3.53. The topological polar surface area (TPSA) is 75.6 Å². The van der Waals surface area contributed by atoms with Gasteiger partial charge in [-0.2, -0.15) is 0 Å². The molecule has 0 bridgehead atoms. The maximum absolute atomic E-state index is 12.2. The van der Waals surface area contributed by atoms with Crippen LogP contribution in [-0.4, -0.2) is 35.7 Å². The van der Waals surface area contributed by atoms with Crippen molar-refractivity contribution in [2.24, 2.45) is 5.92 Å². The van der Waals surface area contributed by atoms with Crippen molar-refractivity contribution in [2.45, 2.75) is 64.0 Å². The van der Waals surface area contributed by atoms with E-state index in [1.807, 2.05) is 6.92 Å². The van der Waals surface area contributed by atoms with Crippen molar-refractivity contribution in [2.75, 3.05) is 7.11 Å². The highest BCUT2D eigenvalue weighted by atomic mass is 16.5. The summed E-state index contributed by atoms with van der Waals surface area (Å²) in [5, 5.41) is 12.0. The minimum Gasteiger partial charge on any atom is -0.480 e. The summed E-state index contributed by atoms with van der Waals surface area (Å²) in [4.78, 5) is 23.6. The van der Waals surface area contributed by atoms with Crippen molar-refractivity contribution < 1.29 is 19.4 Å². The lowest BCUT2D eigenvalue weighted by Gasteiger charge is -2.32. The van der Waals surface area contributed by atoms with Gasteiger partial charge in [0.1, 0.15) is 11.6 Å². The third-order valence-electron chi connectivity index (χ3n) is 4.28. The van der Waals surface area contributed by atoms with E-state index >= 15 is 0 Å². The highest BCUT2D eigenvalue weighted by molar-refractivity contribution is 5.89. The van der Waals surface area contributed by atoms with Crippen LogP contribution in [-0.2, 0) is 14.3 Å². The van der Waals surface area contributed by atoms with E-state index in [9.17, 15) is 14.7 Å². The zero-order valence-corrected chi connectivity index (χ0v) is 12.1. The molecule has 5 heteroatoms. The second kappa shape index (κ2) is 6.89. The Balaban J connectivity index is 2.73. The summed E-state index contributed by atoms with van der Waals surface area (Å²) in [7, 11) is 1.47. The minimum absolute atomic E-state index is 0.0353. The number of carbonyl (C=O) groups excluding carboxylic acids is 1. The summed E-state index contributed by atoms with van der Waals surface area (Å²) in [6, 6.07) is -0.797. The molecule has 0 aromatic rings. The lowest BCUT2D eigenvalue weighted by atomic mass is 9.83. The number of carboxylic acid groups (broad SMARTS) is 1. The number of aliphatic carboxylic acids is 1. The molecule has 0 radical (unpaired) electrons. The van der Waals surface area contributed by atoms with Gasteiger partial charge in [0.2, 0.25) is 0 Å². The SMILES string of the molecule is CCC(C)(OC)C(=O)NC(C(=O)O)C1CCCCC1. The first-order valence-electron chi connectivity index (χ1n) is 7.03. The predicted molar refractivity (Wildman–Crippen MR) is 71.8 cm³/mol. The normalized spacial score (nSPS) is 21.4. The number of methoxy groups -OCH3 is 1. The lowest BCUT2D eigenvalue weighted by molar-refractivity contribution is -0.150. The van der Waals surface area contributed by atoms with Gasteiger partial charge in [-0.15, -0.1) is 0 Å². The average molecular weight is 271 g/mol.